The summed E-state index contributed by atoms with van der Waals surface area (Å²) in [5, 5.41) is 9.83. The van der Waals surface area contributed by atoms with Gasteiger partial charge in [0.1, 0.15) is 6.17 Å². The molecule has 1 aromatic heterocycles. The Morgan fingerprint density at radius 2 is 1.58 bits per heavy atom. The molecule has 0 aliphatic heterocycles. The average Bonchev–Trinajstić information content (AvgIpc) is 2.92. The zero-order valence-electron chi connectivity index (χ0n) is 22.8. The highest BCUT2D eigenvalue weighted by Gasteiger charge is 2.37. The van der Waals surface area contributed by atoms with Crippen molar-refractivity contribution in [2.45, 2.75) is 129 Å². The number of hydrogen-bond acceptors (Lipinski definition) is 2. The van der Waals surface area contributed by atoms with Gasteiger partial charge in [0.2, 0.25) is 0 Å². The minimum atomic E-state index is -0.838. The van der Waals surface area contributed by atoms with Gasteiger partial charge in [-0.1, -0.05) is 95.5 Å². The number of aromatic nitrogens is 1. The summed E-state index contributed by atoms with van der Waals surface area (Å²) in [5.74, 6) is 0.464. The van der Waals surface area contributed by atoms with E-state index in [0.29, 0.717) is 18.8 Å². The maximum Gasteiger partial charge on any atom is 0.102 e. The molecule has 1 unspecified atom stereocenters. The first-order valence-electron chi connectivity index (χ1n) is 14.7. The topological polar surface area (TPSA) is 36.7 Å². The van der Waals surface area contributed by atoms with Gasteiger partial charge in [-0.3, -0.25) is 4.98 Å². The van der Waals surface area contributed by atoms with Gasteiger partial charge in [0, 0.05) is 11.8 Å². The normalized spacial score (nSPS) is 20.7. The number of pyridine rings is 1. The second kappa shape index (κ2) is 15.1. The molecule has 3 rings (SSSR count). The van der Waals surface area contributed by atoms with Crippen molar-refractivity contribution in [3.8, 4) is 17.3 Å². The number of hydrogen-bond donors (Lipinski definition) is 0. The van der Waals surface area contributed by atoms with Crippen LogP contribution in [0, 0.1) is 16.7 Å². The van der Waals surface area contributed by atoms with Gasteiger partial charge in [-0.2, -0.15) is 5.26 Å². The van der Waals surface area contributed by atoms with Crippen molar-refractivity contribution in [3.63, 3.8) is 0 Å². The maximum absolute atomic E-state index is 14.4. The van der Waals surface area contributed by atoms with Crippen LogP contribution in [0.5, 0.6) is 0 Å². The van der Waals surface area contributed by atoms with Gasteiger partial charge >= 0.3 is 0 Å². The number of alkyl halides is 1. The van der Waals surface area contributed by atoms with Gasteiger partial charge in [-0.25, -0.2) is 4.39 Å². The summed E-state index contributed by atoms with van der Waals surface area (Å²) >= 11 is 0. The van der Waals surface area contributed by atoms with Crippen molar-refractivity contribution in [3.05, 3.63) is 53.7 Å². The van der Waals surface area contributed by atoms with Gasteiger partial charge < -0.3 is 0 Å². The molecule has 1 heterocycles. The molecular weight excluding hydrogens is 443 g/mol. The molecule has 1 saturated carbocycles. The summed E-state index contributed by atoms with van der Waals surface area (Å²) in [6.07, 6.45) is 18.2. The van der Waals surface area contributed by atoms with E-state index in [4.69, 9.17) is 4.98 Å². The minimum absolute atomic E-state index is 0.412. The maximum atomic E-state index is 14.4. The molecule has 3 heteroatoms. The predicted molar refractivity (Wildman–Crippen MR) is 150 cm³/mol. The Kier molecular flexibility index (Phi) is 11.9. The van der Waals surface area contributed by atoms with Gasteiger partial charge in [-0.15, -0.1) is 0 Å². The number of aryl methyl sites for hydroxylation is 1. The molecule has 1 aliphatic carbocycles. The minimum Gasteiger partial charge on any atom is -0.256 e. The van der Waals surface area contributed by atoms with Crippen LogP contribution < -0.4 is 0 Å². The van der Waals surface area contributed by atoms with Crippen LogP contribution in [0.4, 0.5) is 4.39 Å². The van der Waals surface area contributed by atoms with E-state index in [9.17, 15) is 9.65 Å². The summed E-state index contributed by atoms with van der Waals surface area (Å²) in [6.45, 7) is 4.36. The summed E-state index contributed by atoms with van der Waals surface area (Å²) in [5.41, 5.74) is 4.38. The Balaban J connectivity index is 1.46. The second-order valence-electron chi connectivity index (χ2n) is 11.2. The van der Waals surface area contributed by atoms with Crippen molar-refractivity contribution in [1.82, 2.24) is 4.98 Å². The first-order chi connectivity index (χ1) is 17.6. The summed E-state index contributed by atoms with van der Waals surface area (Å²) < 4.78 is 14.4. The number of benzene rings is 1. The molecular formula is C33H47FN2. The standard InChI is InChI=1S/C33H47FN2/c1-3-5-7-8-9-10-11-12-27-14-19-32(36-25-27)30-17-15-28(16-18-30)29-20-22-33(26-35,23-21-29)24-31(34)13-6-4-2/h14-19,25,29,31H,3-13,20-24H2,1-2H3. The first-order valence-corrected chi connectivity index (χ1v) is 14.7. The SMILES string of the molecule is CCCCCCCCCc1ccc(-c2ccc(C3CCC(C#N)(CC(F)CCCC)CC3)cc2)nc1. The molecule has 2 aromatic rings. The van der Waals surface area contributed by atoms with Crippen LogP contribution >= 0.6 is 0 Å². The van der Waals surface area contributed by atoms with E-state index in [1.807, 2.05) is 6.20 Å². The fourth-order valence-corrected chi connectivity index (χ4v) is 5.77. The zero-order chi connectivity index (χ0) is 25.6. The number of halogens is 1. The summed E-state index contributed by atoms with van der Waals surface area (Å²) in [7, 11) is 0. The van der Waals surface area contributed by atoms with E-state index in [0.717, 1.165) is 56.2 Å². The Bertz CT molecular complexity index is 904. The molecule has 0 saturated heterocycles. The van der Waals surface area contributed by atoms with Crippen LogP contribution in [0.1, 0.15) is 127 Å². The van der Waals surface area contributed by atoms with Gasteiger partial charge in [-0.05, 0) is 74.5 Å². The van der Waals surface area contributed by atoms with E-state index in [1.54, 1.807) is 0 Å². The van der Waals surface area contributed by atoms with Crippen LogP contribution in [0.25, 0.3) is 11.3 Å². The molecule has 1 aliphatic rings. The van der Waals surface area contributed by atoms with E-state index in [2.05, 4.69) is 56.3 Å². The van der Waals surface area contributed by atoms with E-state index in [1.165, 1.54) is 56.1 Å². The third kappa shape index (κ3) is 8.72. The lowest BCUT2D eigenvalue weighted by Gasteiger charge is -2.36. The van der Waals surface area contributed by atoms with Crippen molar-refractivity contribution in [2.75, 3.05) is 0 Å². The zero-order valence-corrected chi connectivity index (χ0v) is 22.8. The van der Waals surface area contributed by atoms with Crippen molar-refractivity contribution >= 4 is 0 Å². The van der Waals surface area contributed by atoms with Crippen LogP contribution in [-0.2, 0) is 6.42 Å². The summed E-state index contributed by atoms with van der Waals surface area (Å²) in [4.78, 5) is 4.74. The molecule has 0 N–H and O–H groups in total. The average molecular weight is 491 g/mol. The quantitative estimate of drug-likeness (QED) is 0.233. The third-order valence-corrected chi connectivity index (χ3v) is 8.23. The van der Waals surface area contributed by atoms with E-state index < -0.39 is 11.6 Å². The molecule has 1 aromatic carbocycles. The lowest BCUT2D eigenvalue weighted by molar-refractivity contribution is 0.158. The molecule has 196 valence electrons. The smallest absolute Gasteiger partial charge is 0.102 e. The molecule has 2 nitrogen and oxygen atoms in total. The van der Waals surface area contributed by atoms with E-state index >= 15 is 0 Å². The Labute approximate surface area is 219 Å². The fourth-order valence-electron chi connectivity index (χ4n) is 5.77. The fraction of sp³-hybridized carbons (Fsp3) is 0.636. The van der Waals surface area contributed by atoms with Crippen LogP contribution in [-0.4, -0.2) is 11.2 Å². The molecule has 0 amide bonds. The largest absolute Gasteiger partial charge is 0.256 e. The number of unbranched alkanes of at least 4 members (excludes halogenated alkanes) is 7. The lowest BCUT2D eigenvalue weighted by atomic mass is 9.67. The van der Waals surface area contributed by atoms with Gasteiger partial charge in [0.25, 0.3) is 0 Å². The molecule has 0 bridgehead atoms. The monoisotopic (exact) mass is 490 g/mol. The number of nitriles is 1. The first kappa shape index (κ1) is 28.4. The molecule has 1 atom stereocenters. The van der Waals surface area contributed by atoms with Crippen molar-refractivity contribution < 1.29 is 4.39 Å². The molecule has 36 heavy (non-hydrogen) atoms. The van der Waals surface area contributed by atoms with Crippen LogP contribution in [0.2, 0.25) is 0 Å². The van der Waals surface area contributed by atoms with Crippen molar-refractivity contribution in [1.29, 1.82) is 5.26 Å². The lowest BCUT2D eigenvalue weighted by Crippen LogP contribution is -2.28. The van der Waals surface area contributed by atoms with Crippen LogP contribution in [0.3, 0.4) is 0 Å². The van der Waals surface area contributed by atoms with Crippen LogP contribution in [0.15, 0.2) is 42.6 Å². The van der Waals surface area contributed by atoms with Gasteiger partial charge in [0.05, 0.1) is 17.2 Å². The highest BCUT2D eigenvalue weighted by atomic mass is 19.1. The van der Waals surface area contributed by atoms with E-state index in [-0.39, 0.29) is 0 Å². The van der Waals surface area contributed by atoms with Gasteiger partial charge in [0.15, 0.2) is 0 Å². The molecule has 1 fully saturated rings. The highest BCUT2D eigenvalue weighted by Crippen LogP contribution is 2.46. The predicted octanol–water partition coefficient (Wildman–Crippen LogP) is 10.1. The molecule has 0 radical (unpaired) electrons. The number of rotatable bonds is 15. The Morgan fingerprint density at radius 3 is 2.19 bits per heavy atom. The van der Waals surface area contributed by atoms with Crippen molar-refractivity contribution in [2.24, 2.45) is 5.41 Å². The number of nitrogens with zero attached hydrogens (tertiary/aromatic N) is 2. The Morgan fingerprint density at radius 1 is 0.917 bits per heavy atom. The Hall–Kier alpha value is -2.21. The highest BCUT2D eigenvalue weighted by molar-refractivity contribution is 5.59. The second-order valence-corrected chi connectivity index (χ2v) is 11.2. The summed E-state index contributed by atoms with van der Waals surface area (Å²) in [6, 6.07) is 15.7. The third-order valence-electron chi connectivity index (χ3n) is 8.23. The molecule has 0 spiro atoms.